The van der Waals surface area contributed by atoms with Gasteiger partial charge in [0.15, 0.2) is 5.03 Å². The molecule has 0 amide bonds. The van der Waals surface area contributed by atoms with Gasteiger partial charge in [-0.3, -0.25) is 0 Å². The number of benzene rings is 1. The van der Waals surface area contributed by atoms with Crippen LogP contribution in [0.15, 0.2) is 35.5 Å². The minimum absolute atomic E-state index is 0.0753. The second-order valence-corrected chi connectivity index (χ2v) is 6.27. The van der Waals surface area contributed by atoms with Crippen LogP contribution in [0.1, 0.15) is 11.4 Å². The van der Waals surface area contributed by atoms with Crippen LogP contribution in [0.4, 0.5) is 0 Å². The lowest BCUT2D eigenvalue weighted by atomic mass is 10.2. The van der Waals surface area contributed by atoms with Crippen molar-refractivity contribution >= 4 is 10.0 Å². The smallest absolute Gasteiger partial charge is 0.260 e. The highest BCUT2D eigenvalue weighted by molar-refractivity contribution is 7.89. The summed E-state index contributed by atoms with van der Waals surface area (Å²) in [4.78, 5) is 6.60. The van der Waals surface area contributed by atoms with Crippen LogP contribution in [0.3, 0.4) is 0 Å². The summed E-state index contributed by atoms with van der Waals surface area (Å²) in [6.45, 7) is 1.92. The molecule has 2 N–H and O–H groups in total. The fourth-order valence-corrected chi connectivity index (χ4v) is 2.76. The van der Waals surface area contributed by atoms with E-state index in [0.717, 1.165) is 5.56 Å². The van der Waals surface area contributed by atoms with Gasteiger partial charge in [0.05, 0.1) is 6.20 Å². The van der Waals surface area contributed by atoms with Crippen LogP contribution in [-0.4, -0.2) is 34.8 Å². The zero-order chi connectivity index (χ0) is 14.0. The Hall–Kier alpha value is -1.86. The van der Waals surface area contributed by atoms with E-state index in [4.69, 9.17) is 0 Å². The number of hydrogen-bond acceptors (Lipinski definition) is 4. The molecule has 6 nitrogen and oxygen atoms in total. The van der Waals surface area contributed by atoms with Crippen molar-refractivity contribution in [1.29, 1.82) is 0 Å². The average molecular weight is 281 g/mol. The normalized spacial score (nSPS) is 11.9. The monoisotopic (exact) mass is 281 g/mol. The van der Waals surface area contributed by atoms with Crippen molar-refractivity contribution in [1.82, 2.24) is 14.3 Å². The fourth-order valence-electron chi connectivity index (χ4n) is 1.64. The predicted octanol–water partition coefficient (Wildman–Crippen LogP) is 1.24. The zero-order valence-corrected chi connectivity index (χ0v) is 11.5. The quantitative estimate of drug-likeness (QED) is 0.883. The van der Waals surface area contributed by atoms with Crippen LogP contribution in [0.5, 0.6) is 5.75 Å². The molecule has 102 valence electrons. The Morgan fingerprint density at radius 2 is 1.95 bits per heavy atom. The number of imidazole rings is 1. The maximum atomic E-state index is 12.2. The van der Waals surface area contributed by atoms with Crippen LogP contribution in [0.25, 0.3) is 0 Å². The molecule has 1 aromatic heterocycles. The first-order valence-corrected chi connectivity index (χ1v) is 7.09. The Labute approximate surface area is 111 Å². The van der Waals surface area contributed by atoms with E-state index >= 15 is 0 Å². The van der Waals surface area contributed by atoms with E-state index in [-0.39, 0.29) is 17.3 Å². The summed E-state index contributed by atoms with van der Waals surface area (Å²) in [6.07, 6.45) is 1.30. The van der Waals surface area contributed by atoms with Gasteiger partial charge >= 0.3 is 0 Å². The van der Waals surface area contributed by atoms with Crippen LogP contribution in [0.2, 0.25) is 0 Å². The van der Waals surface area contributed by atoms with Crippen molar-refractivity contribution in [2.24, 2.45) is 0 Å². The van der Waals surface area contributed by atoms with Crippen molar-refractivity contribution < 1.29 is 13.5 Å². The standard InChI is InChI=1S/C12H15N3O3S/c1-9-13-7-12(14-9)19(17,18)15(2)8-10-3-5-11(16)6-4-10/h3-7,16H,8H2,1-2H3,(H,13,14). The molecule has 0 saturated carbocycles. The molecule has 0 saturated heterocycles. The number of sulfonamides is 1. The molecule has 1 aromatic carbocycles. The number of phenols is 1. The SMILES string of the molecule is Cc1ncc(S(=O)(=O)N(C)Cc2ccc(O)cc2)[nH]1. The molecule has 1 heterocycles. The first-order chi connectivity index (χ1) is 8.89. The largest absolute Gasteiger partial charge is 0.508 e. The van der Waals surface area contributed by atoms with Crippen molar-refractivity contribution in [3.05, 3.63) is 41.9 Å². The van der Waals surface area contributed by atoms with E-state index in [1.54, 1.807) is 19.1 Å². The van der Waals surface area contributed by atoms with Gasteiger partial charge in [0.25, 0.3) is 10.0 Å². The van der Waals surface area contributed by atoms with E-state index < -0.39 is 10.0 Å². The van der Waals surface area contributed by atoms with Gasteiger partial charge in [0.1, 0.15) is 11.6 Å². The van der Waals surface area contributed by atoms with Gasteiger partial charge in [-0.25, -0.2) is 13.4 Å². The highest BCUT2D eigenvalue weighted by atomic mass is 32.2. The number of aryl methyl sites for hydroxylation is 1. The second kappa shape index (κ2) is 5.02. The summed E-state index contributed by atoms with van der Waals surface area (Å²) in [5, 5.41) is 9.26. The number of aromatic amines is 1. The van der Waals surface area contributed by atoms with Gasteiger partial charge in [-0.05, 0) is 24.6 Å². The molecule has 7 heteroatoms. The third-order valence-electron chi connectivity index (χ3n) is 2.71. The van der Waals surface area contributed by atoms with Crippen molar-refractivity contribution in [2.45, 2.75) is 18.5 Å². The van der Waals surface area contributed by atoms with Crippen LogP contribution in [0, 0.1) is 6.92 Å². The topological polar surface area (TPSA) is 86.3 Å². The molecular formula is C12H15N3O3S. The highest BCUT2D eigenvalue weighted by Gasteiger charge is 2.22. The number of aromatic nitrogens is 2. The molecule has 0 bridgehead atoms. The third kappa shape index (κ3) is 2.94. The lowest BCUT2D eigenvalue weighted by Gasteiger charge is -2.15. The molecule has 0 fully saturated rings. The summed E-state index contributed by atoms with van der Waals surface area (Å²) in [5.41, 5.74) is 0.792. The summed E-state index contributed by atoms with van der Waals surface area (Å²) in [5.74, 6) is 0.704. The Morgan fingerprint density at radius 3 is 2.47 bits per heavy atom. The van der Waals surface area contributed by atoms with Crippen LogP contribution in [-0.2, 0) is 16.6 Å². The predicted molar refractivity (Wildman–Crippen MR) is 70.1 cm³/mol. The molecule has 0 radical (unpaired) electrons. The van der Waals surface area contributed by atoms with Gasteiger partial charge in [-0.2, -0.15) is 4.31 Å². The molecule has 0 spiro atoms. The first-order valence-electron chi connectivity index (χ1n) is 5.65. The lowest BCUT2D eigenvalue weighted by Crippen LogP contribution is -2.26. The number of phenolic OH excluding ortho intramolecular Hbond substituents is 1. The Morgan fingerprint density at radius 1 is 1.32 bits per heavy atom. The number of hydrogen-bond donors (Lipinski definition) is 2. The fraction of sp³-hybridized carbons (Fsp3) is 0.250. The second-order valence-electron chi connectivity index (χ2n) is 4.26. The van der Waals surface area contributed by atoms with Gasteiger partial charge < -0.3 is 10.1 Å². The average Bonchev–Trinajstić information content (AvgIpc) is 2.79. The Balaban J connectivity index is 2.19. The minimum atomic E-state index is -3.57. The molecular weight excluding hydrogens is 266 g/mol. The van der Waals surface area contributed by atoms with E-state index in [1.165, 1.54) is 29.7 Å². The zero-order valence-electron chi connectivity index (χ0n) is 10.7. The molecule has 19 heavy (non-hydrogen) atoms. The van der Waals surface area contributed by atoms with Gasteiger partial charge in [-0.15, -0.1) is 0 Å². The number of H-pyrrole nitrogens is 1. The minimum Gasteiger partial charge on any atom is -0.508 e. The molecule has 0 unspecified atom stereocenters. The van der Waals surface area contributed by atoms with Crippen molar-refractivity contribution in [3.8, 4) is 5.75 Å². The summed E-state index contributed by atoms with van der Waals surface area (Å²) < 4.78 is 25.7. The molecule has 0 aliphatic heterocycles. The van der Waals surface area contributed by atoms with Crippen LogP contribution >= 0.6 is 0 Å². The molecule has 0 aliphatic rings. The Kier molecular flexibility index (Phi) is 3.59. The van der Waals surface area contributed by atoms with Gasteiger partial charge in [-0.1, -0.05) is 12.1 Å². The van der Waals surface area contributed by atoms with Gasteiger partial charge in [0.2, 0.25) is 0 Å². The van der Waals surface area contributed by atoms with E-state index in [0.29, 0.717) is 5.82 Å². The first kappa shape index (κ1) is 13.6. The van der Waals surface area contributed by atoms with Gasteiger partial charge in [0, 0.05) is 13.6 Å². The van der Waals surface area contributed by atoms with E-state index in [1.807, 2.05) is 0 Å². The lowest BCUT2D eigenvalue weighted by molar-refractivity contribution is 0.461. The number of nitrogens with one attached hydrogen (secondary N) is 1. The van der Waals surface area contributed by atoms with Crippen molar-refractivity contribution in [3.63, 3.8) is 0 Å². The third-order valence-corrected chi connectivity index (χ3v) is 4.42. The number of nitrogens with zero attached hydrogens (tertiary/aromatic N) is 2. The van der Waals surface area contributed by atoms with E-state index in [9.17, 15) is 13.5 Å². The maximum absolute atomic E-state index is 12.2. The summed E-state index contributed by atoms with van der Waals surface area (Å²) in [6, 6.07) is 6.41. The number of rotatable bonds is 4. The summed E-state index contributed by atoms with van der Waals surface area (Å²) in [7, 11) is -2.08. The molecule has 0 atom stereocenters. The molecule has 2 aromatic rings. The van der Waals surface area contributed by atoms with E-state index in [2.05, 4.69) is 9.97 Å². The molecule has 0 aliphatic carbocycles. The molecule has 2 rings (SSSR count). The highest BCUT2D eigenvalue weighted by Crippen LogP contribution is 2.16. The van der Waals surface area contributed by atoms with Crippen LogP contribution < -0.4 is 0 Å². The maximum Gasteiger partial charge on any atom is 0.260 e. The Bertz CT molecular complexity index is 662. The van der Waals surface area contributed by atoms with Crippen molar-refractivity contribution in [2.75, 3.05) is 7.05 Å². The number of aromatic hydroxyl groups is 1. The summed E-state index contributed by atoms with van der Waals surface area (Å²) >= 11 is 0.